The summed E-state index contributed by atoms with van der Waals surface area (Å²) in [6, 6.07) is 14.2. The number of benzene rings is 2. The molecule has 0 aliphatic carbocycles. The number of carbonyl (C=O) groups is 9. The lowest BCUT2D eigenvalue weighted by Crippen LogP contribution is -2.53. The zero-order valence-electron chi connectivity index (χ0n) is 52.7. The van der Waals surface area contributed by atoms with Gasteiger partial charge in [0.25, 0.3) is 17.7 Å². The Bertz CT molecular complexity index is 3000. The van der Waals surface area contributed by atoms with Crippen molar-refractivity contribution in [2.75, 3.05) is 147 Å². The third-order valence-electron chi connectivity index (χ3n) is 16.3. The van der Waals surface area contributed by atoms with Crippen LogP contribution in [0.4, 0.5) is 8.78 Å². The Hall–Kier alpha value is -7.27. The van der Waals surface area contributed by atoms with E-state index in [0.717, 1.165) is 54.6 Å². The minimum Gasteiger partial charge on any atom is -0.494 e. The van der Waals surface area contributed by atoms with Crippen molar-refractivity contribution in [1.29, 1.82) is 5.26 Å². The van der Waals surface area contributed by atoms with Crippen LogP contribution in [-0.4, -0.2) is 280 Å². The average molecular weight is 1340 g/mol. The van der Waals surface area contributed by atoms with Crippen LogP contribution in [0, 0.1) is 24.2 Å². The molecule has 2 aromatic carbocycles. The molecule has 2 unspecified atom stereocenters. The Morgan fingerprint density at radius 3 is 1.92 bits per heavy atom. The van der Waals surface area contributed by atoms with Crippen LogP contribution in [-0.2, 0) is 44.8 Å². The molecule has 3 atom stereocenters. The van der Waals surface area contributed by atoms with E-state index in [9.17, 15) is 77.6 Å². The summed E-state index contributed by atoms with van der Waals surface area (Å²) in [5.41, 5.74) is 3.01. The zero-order chi connectivity index (χ0) is 67.3. The van der Waals surface area contributed by atoms with E-state index >= 15 is 0 Å². The lowest BCUT2D eigenvalue weighted by atomic mass is 9.91. The third kappa shape index (κ3) is 26.9. The predicted molar refractivity (Wildman–Crippen MR) is 345 cm³/mol. The molecular weight excluding hydrogens is 1250 g/mol. The van der Waals surface area contributed by atoms with E-state index in [0.29, 0.717) is 73.2 Å². The second-order valence-electron chi connectivity index (χ2n) is 23.6. The summed E-state index contributed by atoms with van der Waals surface area (Å²) in [4.78, 5) is 128. The van der Waals surface area contributed by atoms with Crippen molar-refractivity contribution in [3.05, 3.63) is 71.4 Å². The van der Waals surface area contributed by atoms with Gasteiger partial charge in [0.2, 0.25) is 23.6 Å². The summed E-state index contributed by atoms with van der Waals surface area (Å²) >= 11 is 2.64. The fourth-order valence-electron chi connectivity index (χ4n) is 11.1. The number of carbonyl (C=O) groups excluding carboxylic acids is 6. The van der Waals surface area contributed by atoms with Crippen molar-refractivity contribution in [2.45, 2.75) is 88.8 Å². The van der Waals surface area contributed by atoms with Gasteiger partial charge in [0.05, 0.1) is 63.0 Å². The van der Waals surface area contributed by atoms with Crippen LogP contribution in [0.2, 0.25) is 0 Å². The number of amides is 6. The Labute approximate surface area is 548 Å². The van der Waals surface area contributed by atoms with Gasteiger partial charge < -0.3 is 56.2 Å². The molecule has 26 nitrogen and oxygen atoms in total. The smallest absolute Gasteiger partial charge is 0.317 e. The Balaban J connectivity index is 0.922. The highest BCUT2D eigenvalue weighted by molar-refractivity contribution is 7.99. The first-order chi connectivity index (χ1) is 44.5. The van der Waals surface area contributed by atoms with Crippen molar-refractivity contribution >= 4 is 87.8 Å². The van der Waals surface area contributed by atoms with Gasteiger partial charge in [-0.2, -0.15) is 28.8 Å². The second-order valence-corrected chi connectivity index (χ2v) is 25.9. The number of pyridine rings is 1. The summed E-state index contributed by atoms with van der Waals surface area (Å²) in [7, 11) is 0. The standard InChI is InChI=1S/C63H88F2N12O14S2/c1-44-8-10-45(11-9-44)6-4-7-54(79)68-18-31-92-41-52(71-55(80)37-72-22-24-73(38-57(82)83)26-28-75(40-59(86)87)29-27-74(25-23-72)39-58(84)85)61(89)69-19-32-93-42-53(78)62(90)76-20-15-46(16-21-76)5-2-3-30-91-48-12-13-51-50(33-48)49(14-17-67-51)60(88)70-36-56(81)77-43-63(64,65)34-47(77)35-66/h8-14,17,33,46-47,52-53,78H,2-7,15-16,18-32,34,36-43H2,1H3,(H,68,79)(H,69,89)(H,70,88)(H,71,80)(H,82,83)(H,84,85)(H,86,87)/t47-,52?,53?/m1/s1. The number of nitrogens with zero attached hydrogens (tertiary/aromatic N) is 8. The van der Waals surface area contributed by atoms with Gasteiger partial charge in [0.15, 0.2) is 0 Å². The van der Waals surface area contributed by atoms with Crippen LogP contribution in [0.3, 0.4) is 0 Å². The molecule has 6 rings (SSSR count). The Kier molecular flexibility index (Phi) is 31.2. The van der Waals surface area contributed by atoms with E-state index in [1.807, 2.05) is 31.2 Å². The summed E-state index contributed by atoms with van der Waals surface area (Å²) in [6.07, 6.45) is 5.23. The fourth-order valence-corrected chi connectivity index (χ4v) is 12.8. The molecule has 510 valence electrons. The van der Waals surface area contributed by atoms with E-state index in [-0.39, 0.29) is 114 Å². The van der Waals surface area contributed by atoms with Crippen LogP contribution in [0.25, 0.3) is 10.9 Å². The molecule has 30 heteroatoms. The van der Waals surface area contributed by atoms with Crippen molar-refractivity contribution in [1.82, 2.24) is 55.7 Å². The normalized spacial score (nSPS) is 17.9. The predicted octanol–water partition coefficient (Wildman–Crippen LogP) is 1.86. The summed E-state index contributed by atoms with van der Waals surface area (Å²) in [5, 5.41) is 60.6. The number of aliphatic hydroxyl groups is 1. The van der Waals surface area contributed by atoms with E-state index in [1.165, 1.54) is 35.8 Å². The highest BCUT2D eigenvalue weighted by Crippen LogP contribution is 2.32. The number of hydrogen-bond donors (Lipinski definition) is 8. The van der Waals surface area contributed by atoms with Gasteiger partial charge in [-0.15, -0.1) is 0 Å². The molecule has 6 amide bonds. The van der Waals surface area contributed by atoms with Gasteiger partial charge >= 0.3 is 17.9 Å². The molecule has 93 heavy (non-hydrogen) atoms. The number of fused-ring (bicyclic) bond motifs is 1. The summed E-state index contributed by atoms with van der Waals surface area (Å²) < 4.78 is 33.8. The van der Waals surface area contributed by atoms with Crippen LogP contribution >= 0.6 is 23.5 Å². The van der Waals surface area contributed by atoms with Crippen molar-refractivity contribution in [3.63, 3.8) is 0 Å². The number of unbranched alkanes of at least 4 members (excludes halogenated alkanes) is 1. The van der Waals surface area contributed by atoms with Crippen LogP contribution in [0.1, 0.15) is 72.9 Å². The molecule has 0 saturated carbocycles. The first-order valence-electron chi connectivity index (χ1n) is 31.5. The molecule has 3 aliphatic heterocycles. The number of aryl methyl sites for hydroxylation is 2. The number of carboxylic acid groups (broad SMARTS) is 3. The van der Waals surface area contributed by atoms with Gasteiger partial charge in [-0.05, 0) is 81.2 Å². The lowest BCUT2D eigenvalue weighted by molar-refractivity contribution is -0.140. The Morgan fingerprint density at radius 1 is 0.731 bits per heavy atom. The number of aromatic nitrogens is 1. The number of thioether (sulfide) groups is 2. The van der Waals surface area contributed by atoms with Gasteiger partial charge in [-0.25, -0.2) is 8.78 Å². The minimum absolute atomic E-state index is 0.0882. The lowest BCUT2D eigenvalue weighted by Gasteiger charge is -2.33. The average Bonchev–Trinajstić information content (AvgIpc) is 1.56. The van der Waals surface area contributed by atoms with Crippen LogP contribution in [0.15, 0.2) is 54.7 Å². The molecule has 8 N–H and O–H groups in total. The van der Waals surface area contributed by atoms with E-state index in [1.54, 1.807) is 48.8 Å². The van der Waals surface area contributed by atoms with Gasteiger partial charge in [-0.1, -0.05) is 36.2 Å². The van der Waals surface area contributed by atoms with Crippen LogP contribution < -0.4 is 26.0 Å². The van der Waals surface area contributed by atoms with Gasteiger partial charge in [0, 0.05) is 126 Å². The number of hydrogen-bond acceptors (Lipinski definition) is 19. The van der Waals surface area contributed by atoms with E-state index in [4.69, 9.17) is 4.74 Å². The van der Waals surface area contributed by atoms with Crippen molar-refractivity contribution in [2.24, 2.45) is 5.92 Å². The minimum atomic E-state index is -3.18. The molecule has 3 aliphatic rings. The maximum absolute atomic E-state index is 13.9. The maximum Gasteiger partial charge on any atom is 0.317 e. The molecule has 0 bridgehead atoms. The molecule has 3 saturated heterocycles. The number of carboxylic acids is 3. The van der Waals surface area contributed by atoms with E-state index in [2.05, 4.69) is 26.3 Å². The molecule has 1 aromatic heterocycles. The van der Waals surface area contributed by atoms with Gasteiger partial charge in [-0.3, -0.25) is 67.7 Å². The number of piperidine rings is 1. The number of likely N-dealkylation sites (tertiary alicyclic amines) is 2. The largest absolute Gasteiger partial charge is 0.494 e. The summed E-state index contributed by atoms with van der Waals surface area (Å²) in [6.45, 7) is 2.83. The monoisotopic (exact) mass is 1340 g/mol. The number of halogens is 2. The third-order valence-corrected chi connectivity index (χ3v) is 18.4. The first kappa shape index (κ1) is 74.8. The molecule has 4 heterocycles. The Morgan fingerprint density at radius 2 is 1.32 bits per heavy atom. The molecule has 0 radical (unpaired) electrons. The number of nitriles is 1. The van der Waals surface area contributed by atoms with Crippen molar-refractivity contribution < 1.29 is 77.1 Å². The topological polar surface area (TPSA) is 348 Å². The second kappa shape index (κ2) is 38.8. The quantitative estimate of drug-likeness (QED) is 0.0396. The number of ether oxygens (including phenoxy) is 1. The molecular formula is C63H88F2N12O14S2. The first-order valence-corrected chi connectivity index (χ1v) is 33.8. The summed E-state index contributed by atoms with van der Waals surface area (Å²) in [5.74, 6) is -7.42. The van der Waals surface area contributed by atoms with Gasteiger partial charge in [0.1, 0.15) is 23.9 Å². The maximum atomic E-state index is 13.9. The number of aliphatic hydroxyl groups excluding tert-OH is 1. The zero-order valence-corrected chi connectivity index (χ0v) is 54.3. The number of rotatable bonds is 34. The number of alkyl halides is 2. The molecule has 0 spiro atoms. The highest BCUT2D eigenvalue weighted by Gasteiger charge is 2.47. The van der Waals surface area contributed by atoms with E-state index < -0.39 is 85.2 Å². The molecule has 3 fully saturated rings. The molecule has 3 aromatic rings. The van der Waals surface area contributed by atoms with Crippen LogP contribution in [0.5, 0.6) is 5.75 Å². The SMILES string of the molecule is Cc1ccc(CCCC(=O)NCCSCC(NC(=O)CN2CCN(CC(=O)O)CCN(CC(=O)O)CCN(CC(=O)O)CC2)C(=O)NCCSCC(O)C(=O)N2CCC(CCCCOc3ccc4nccc(C(=O)NCC(=O)N5CC(F)(F)C[C@@H]5C#N)c4c3)CC2)cc1. The highest BCUT2D eigenvalue weighted by atomic mass is 32.2. The number of aliphatic carboxylic acids is 3. The fraction of sp³-hybridized carbons (Fsp3) is 0.603. The number of nitrogens with one attached hydrogen (secondary N) is 4. The van der Waals surface area contributed by atoms with Crippen molar-refractivity contribution in [3.8, 4) is 11.8 Å².